The molecule has 0 N–H and O–H groups in total. The molecule has 1 aliphatic rings. The van der Waals surface area contributed by atoms with Crippen molar-refractivity contribution in [2.75, 3.05) is 0 Å². The number of aliphatic imine (C=N–C) groups is 1. The summed E-state index contributed by atoms with van der Waals surface area (Å²) in [6.45, 7) is 6.46. The molecule has 1 atom stereocenters. The molecular formula is C10H15N. The molecule has 0 saturated carbocycles. The SMILES string of the molecule is CC1C=CC=C(C(C)C)N=C1. The lowest BCUT2D eigenvalue weighted by Crippen LogP contribution is -1.92. The second-order valence-electron chi connectivity index (χ2n) is 3.27. The summed E-state index contributed by atoms with van der Waals surface area (Å²) in [4.78, 5) is 4.38. The first kappa shape index (κ1) is 8.25. The van der Waals surface area contributed by atoms with Crippen LogP contribution in [0.2, 0.25) is 0 Å². The molecule has 11 heavy (non-hydrogen) atoms. The maximum atomic E-state index is 4.38. The summed E-state index contributed by atoms with van der Waals surface area (Å²) in [5.74, 6) is 1.00. The largest absolute Gasteiger partial charge is 0.265 e. The third-order valence-corrected chi connectivity index (χ3v) is 1.73. The van der Waals surface area contributed by atoms with Crippen molar-refractivity contribution in [1.82, 2.24) is 0 Å². The van der Waals surface area contributed by atoms with E-state index in [4.69, 9.17) is 0 Å². The molecule has 0 saturated heterocycles. The summed E-state index contributed by atoms with van der Waals surface area (Å²) in [5.41, 5.74) is 1.17. The average Bonchev–Trinajstić information content (AvgIpc) is 2.13. The molecule has 0 fully saturated rings. The van der Waals surface area contributed by atoms with Gasteiger partial charge in [-0.1, -0.05) is 32.9 Å². The van der Waals surface area contributed by atoms with Gasteiger partial charge in [0, 0.05) is 17.8 Å². The summed E-state index contributed by atoms with van der Waals surface area (Å²) < 4.78 is 0. The van der Waals surface area contributed by atoms with Crippen molar-refractivity contribution in [3.8, 4) is 0 Å². The molecule has 1 nitrogen and oxygen atoms in total. The molecule has 0 radical (unpaired) electrons. The fraction of sp³-hybridized carbons (Fsp3) is 0.500. The lowest BCUT2D eigenvalue weighted by molar-refractivity contribution is 0.758. The van der Waals surface area contributed by atoms with Crippen LogP contribution in [0, 0.1) is 11.8 Å². The van der Waals surface area contributed by atoms with E-state index in [9.17, 15) is 0 Å². The first-order chi connectivity index (χ1) is 5.20. The molecule has 0 bridgehead atoms. The van der Waals surface area contributed by atoms with E-state index in [0.29, 0.717) is 11.8 Å². The smallest absolute Gasteiger partial charge is 0.0425 e. The van der Waals surface area contributed by atoms with Gasteiger partial charge in [0.2, 0.25) is 0 Å². The molecule has 0 amide bonds. The van der Waals surface area contributed by atoms with Gasteiger partial charge in [-0.25, -0.2) is 0 Å². The van der Waals surface area contributed by atoms with Crippen LogP contribution in [0.4, 0.5) is 0 Å². The van der Waals surface area contributed by atoms with E-state index in [1.807, 2.05) is 6.21 Å². The minimum atomic E-state index is 0.475. The highest BCUT2D eigenvalue weighted by molar-refractivity contribution is 5.65. The first-order valence-electron chi connectivity index (χ1n) is 4.12. The maximum absolute atomic E-state index is 4.38. The van der Waals surface area contributed by atoms with Crippen LogP contribution < -0.4 is 0 Å². The zero-order valence-electron chi connectivity index (χ0n) is 7.41. The van der Waals surface area contributed by atoms with Crippen LogP contribution in [0.25, 0.3) is 0 Å². The molecule has 0 aliphatic carbocycles. The third-order valence-electron chi connectivity index (χ3n) is 1.73. The van der Waals surface area contributed by atoms with E-state index in [1.165, 1.54) is 5.70 Å². The minimum absolute atomic E-state index is 0.475. The van der Waals surface area contributed by atoms with Gasteiger partial charge in [0.1, 0.15) is 0 Å². The van der Waals surface area contributed by atoms with Crippen LogP contribution in [0.5, 0.6) is 0 Å². The zero-order chi connectivity index (χ0) is 8.27. The molecule has 1 unspecified atom stereocenters. The topological polar surface area (TPSA) is 12.4 Å². The average molecular weight is 149 g/mol. The quantitative estimate of drug-likeness (QED) is 0.543. The summed E-state index contributed by atoms with van der Waals surface area (Å²) in [5, 5.41) is 0. The van der Waals surface area contributed by atoms with Crippen LogP contribution in [0.15, 0.2) is 28.9 Å². The van der Waals surface area contributed by atoms with Crippen LogP contribution in [-0.4, -0.2) is 6.21 Å². The second-order valence-corrected chi connectivity index (χ2v) is 3.27. The molecule has 1 heteroatoms. The Balaban J connectivity index is 2.76. The van der Waals surface area contributed by atoms with Crippen LogP contribution in [-0.2, 0) is 0 Å². The highest BCUT2D eigenvalue weighted by Gasteiger charge is 2.01. The fourth-order valence-electron chi connectivity index (χ4n) is 0.967. The fourth-order valence-corrected chi connectivity index (χ4v) is 0.967. The molecule has 1 rings (SSSR count). The molecule has 0 aromatic carbocycles. The third kappa shape index (κ3) is 2.34. The number of nitrogens with zero attached hydrogens (tertiary/aromatic N) is 1. The van der Waals surface area contributed by atoms with Gasteiger partial charge >= 0.3 is 0 Å². The Labute approximate surface area is 68.5 Å². The highest BCUT2D eigenvalue weighted by atomic mass is 14.7. The molecule has 1 heterocycles. The zero-order valence-corrected chi connectivity index (χ0v) is 7.41. The van der Waals surface area contributed by atoms with E-state index >= 15 is 0 Å². The Kier molecular flexibility index (Phi) is 2.64. The number of rotatable bonds is 1. The monoisotopic (exact) mass is 149 g/mol. The van der Waals surface area contributed by atoms with Gasteiger partial charge in [0.25, 0.3) is 0 Å². The molecule has 0 aromatic heterocycles. The van der Waals surface area contributed by atoms with Gasteiger partial charge < -0.3 is 0 Å². The molecule has 60 valence electrons. The van der Waals surface area contributed by atoms with Gasteiger partial charge in [-0.2, -0.15) is 0 Å². The first-order valence-corrected chi connectivity index (χ1v) is 4.12. The van der Waals surface area contributed by atoms with E-state index in [-0.39, 0.29) is 0 Å². The van der Waals surface area contributed by atoms with E-state index in [0.717, 1.165) is 0 Å². The Morgan fingerprint density at radius 3 is 2.82 bits per heavy atom. The van der Waals surface area contributed by atoms with Crippen molar-refractivity contribution in [2.45, 2.75) is 20.8 Å². The van der Waals surface area contributed by atoms with Crippen molar-refractivity contribution < 1.29 is 0 Å². The summed E-state index contributed by atoms with van der Waals surface area (Å²) >= 11 is 0. The lowest BCUT2D eigenvalue weighted by Gasteiger charge is -2.02. The van der Waals surface area contributed by atoms with Crippen molar-refractivity contribution in [2.24, 2.45) is 16.8 Å². The van der Waals surface area contributed by atoms with E-state index in [1.54, 1.807) is 0 Å². The Morgan fingerprint density at radius 2 is 2.18 bits per heavy atom. The highest BCUT2D eigenvalue weighted by Crippen LogP contribution is 2.13. The van der Waals surface area contributed by atoms with Gasteiger partial charge in [-0.15, -0.1) is 0 Å². The van der Waals surface area contributed by atoms with Crippen LogP contribution in [0.1, 0.15) is 20.8 Å². The van der Waals surface area contributed by atoms with Gasteiger partial charge in [-0.3, -0.25) is 4.99 Å². The predicted octanol–water partition coefficient (Wildman–Crippen LogP) is 2.80. The van der Waals surface area contributed by atoms with Crippen molar-refractivity contribution in [3.05, 3.63) is 23.9 Å². The minimum Gasteiger partial charge on any atom is -0.265 e. The van der Waals surface area contributed by atoms with Crippen molar-refractivity contribution >= 4 is 6.21 Å². The van der Waals surface area contributed by atoms with Gasteiger partial charge in [-0.05, 0) is 12.0 Å². The summed E-state index contributed by atoms with van der Waals surface area (Å²) in [6, 6.07) is 0. The van der Waals surface area contributed by atoms with Crippen LogP contribution in [0.3, 0.4) is 0 Å². The number of allylic oxidation sites excluding steroid dienone is 4. The predicted molar refractivity (Wildman–Crippen MR) is 49.7 cm³/mol. The second kappa shape index (κ2) is 3.51. The number of hydrogen-bond acceptors (Lipinski definition) is 1. The Bertz CT molecular complexity index is 209. The van der Waals surface area contributed by atoms with Gasteiger partial charge in [0.05, 0.1) is 0 Å². The molecule has 0 spiro atoms. The van der Waals surface area contributed by atoms with E-state index in [2.05, 4.69) is 44.0 Å². The Hall–Kier alpha value is -0.850. The van der Waals surface area contributed by atoms with Gasteiger partial charge in [0.15, 0.2) is 0 Å². The normalized spacial score (nSPS) is 23.6. The standard InChI is InChI=1S/C10H15N/c1-8(2)10-6-4-5-9(3)7-11-10/h4-9H,1-3H3. The van der Waals surface area contributed by atoms with Crippen molar-refractivity contribution in [3.63, 3.8) is 0 Å². The number of hydrogen-bond donors (Lipinski definition) is 0. The molecular weight excluding hydrogens is 134 g/mol. The summed E-state index contributed by atoms with van der Waals surface area (Å²) in [6.07, 6.45) is 8.33. The van der Waals surface area contributed by atoms with E-state index < -0.39 is 0 Å². The summed E-state index contributed by atoms with van der Waals surface area (Å²) in [7, 11) is 0. The van der Waals surface area contributed by atoms with Crippen LogP contribution >= 0.6 is 0 Å². The van der Waals surface area contributed by atoms with Crippen molar-refractivity contribution in [1.29, 1.82) is 0 Å². The molecule has 1 aliphatic heterocycles. The maximum Gasteiger partial charge on any atom is 0.0425 e. The lowest BCUT2D eigenvalue weighted by atomic mass is 10.1. The molecule has 0 aromatic rings. The Morgan fingerprint density at radius 1 is 1.45 bits per heavy atom.